The number of hydrogen-bond acceptors (Lipinski definition) is 6. The Hall–Kier alpha value is -1.40. The number of unbranched alkanes of at least 4 members (excludes halogenated alkanes) is 2. The third kappa shape index (κ3) is 8.71. The van der Waals surface area contributed by atoms with Gasteiger partial charge >= 0.3 is 6.16 Å². The summed E-state index contributed by atoms with van der Waals surface area (Å²) in [6.45, 7) is 6.18. The highest BCUT2D eigenvalue weighted by Crippen LogP contribution is 2.19. The molecule has 0 N–H and O–H groups in total. The Morgan fingerprint density at radius 1 is 1.30 bits per heavy atom. The van der Waals surface area contributed by atoms with Gasteiger partial charge in [-0.2, -0.15) is 4.89 Å². The van der Waals surface area contributed by atoms with Crippen molar-refractivity contribution in [3.05, 3.63) is 24.0 Å². The normalized spacial score (nSPS) is 14.4. The summed E-state index contributed by atoms with van der Waals surface area (Å²) in [5.41, 5.74) is -0.518. The number of hydrogen-bond donors (Lipinski definition) is 0. The van der Waals surface area contributed by atoms with Crippen LogP contribution in [0.25, 0.3) is 0 Å². The smallest absolute Gasteiger partial charge is 0.489 e. The molecule has 130 valence electrons. The van der Waals surface area contributed by atoms with E-state index in [1.807, 2.05) is 26.0 Å². The van der Waals surface area contributed by atoms with E-state index >= 15 is 0 Å². The monoisotopic (exact) mass is 342 g/mol. The first-order valence-corrected chi connectivity index (χ1v) is 8.40. The van der Waals surface area contributed by atoms with Crippen LogP contribution in [0.5, 0.6) is 0 Å². The van der Waals surface area contributed by atoms with Crippen molar-refractivity contribution in [2.75, 3.05) is 13.2 Å². The Balaban J connectivity index is 2.13. The molecule has 5 nitrogen and oxygen atoms in total. The lowest BCUT2D eigenvalue weighted by Gasteiger charge is -2.22. The Kier molecular flexibility index (Phi) is 8.87. The fourth-order valence-corrected chi connectivity index (χ4v) is 2.17. The van der Waals surface area contributed by atoms with Gasteiger partial charge in [0.15, 0.2) is 0 Å². The standard InChI is InChI=1S/C17H26O5S/c1-4-5-8-11-17(2,3)22-21-16(18)20-13-12-19-14-9-6-7-10-15(14)23/h6-7,9H,4-5,8,10-13H2,1-3H3. The minimum absolute atomic E-state index is 0.0716. The van der Waals surface area contributed by atoms with Crippen molar-refractivity contribution in [2.45, 2.75) is 58.5 Å². The first kappa shape index (κ1) is 19.6. The molecule has 0 heterocycles. The highest BCUT2D eigenvalue weighted by Gasteiger charge is 2.22. The zero-order chi connectivity index (χ0) is 17.1. The summed E-state index contributed by atoms with van der Waals surface area (Å²) in [5, 5.41) is 0. The van der Waals surface area contributed by atoms with E-state index in [0.29, 0.717) is 12.2 Å². The van der Waals surface area contributed by atoms with Crippen molar-refractivity contribution >= 4 is 23.2 Å². The molecule has 0 atom stereocenters. The van der Waals surface area contributed by atoms with Crippen LogP contribution in [-0.4, -0.2) is 29.8 Å². The summed E-state index contributed by atoms with van der Waals surface area (Å²) < 4.78 is 10.3. The van der Waals surface area contributed by atoms with Crippen LogP contribution in [0.15, 0.2) is 24.0 Å². The van der Waals surface area contributed by atoms with Crippen LogP contribution in [-0.2, 0) is 19.2 Å². The van der Waals surface area contributed by atoms with Gasteiger partial charge in [-0.05, 0) is 26.3 Å². The molecule has 23 heavy (non-hydrogen) atoms. The van der Waals surface area contributed by atoms with Gasteiger partial charge in [-0.1, -0.05) is 50.6 Å². The van der Waals surface area contributed by atoms with E-state index in [1.165, 1.54) is 0 Å². The number of thiocarbonyl (C=S) groups is 1. The average Bonchev–Trinajstić information content (AvgIpc) is 2.51. The lowest BCUT2D eigenvalue weighted by atomic mass is 10.0. The molecule has 0 aromatic carbocycles. The van der Waals surface area contributed by atoms with Gasteiger partial charge in [0.1, 0.15) is 24.6 Å². The molecule has 0 radical (unpaired) electrons. The van der Waals surface area contributed by atoms with Crippen molar-refractivity contribution in [1.29, 1.82) is 0 Å². The second-order valence-corrected chi connectivity index (χ2v) is 6.41. The van der Waals surface area contributed by atoms with Crippen LogP contribution < -0.4 is 0 Å². The first-order chi connectivity index (χ1) is 10.9. The molecule has 0 aromatic rings. The van der Waals surface area contributed by atoms with Crippen molar-refractivity contribution in [3.8, 4) is 0 Å². The first-order valence-electron chi connectivity index (χ1n) is 8.00. The molecule has 1 aliphatic rings. The summed E-state index contributed by atoms with van der Waals surface area (Å²) in [5.74, 6) is 0.646. The molecule has 0 amide bonds. The second kappa shape index (κ2) is 10.4. The van der Waals surface area contributed by atoms with E-state index < -0.39 is 11.8 Å². The lowest BCUT2D eigenvalue weighted by Crippen LogP contribution is -2.26. The number of rotatable bonds is 10. The van der Waals surface area contributed by atoms with Gasteiger partial charge in [-0.25, -0.2) is 4.79 Å². The minimum atomic E-state index is -0.864. The maximum atomic E-state index is 11.5. The Morgan fingerprint density at radius 2 is 2.09 bits per heavy atom. The fraction of sp³-hybridized carbons (Fsp3) is 0.647. The predicted octanol–water partition coefficient (Wildman–Crippen LogP) is 4.66. The molecule has 0 aromatic heterocycles. The van der Waals surface area contributed by atoms with Crippen LogP contribution in [0.4, 0.5) is 4.79 Å². The second-order valence-electron chi connectivity index (χ2n) is 5.92. The molecule has 1 rings (SSSR count). The summed E-state index contributed by atoms with van der Waals surface area (Å²) in [6, 6.07) is 0. The SMILES string of the molecule is CCCCCC(C)(C)OOC(=O)OCCOC1=CC=CCC1=S. The van der Waals surface area contributed by atoms with E-state index in [0.717, 1.165) is 30.5 Å². The largest absolute Gasteiger partial charge is 0.540 e. The van der Waals surface area contributed by atoms with Gasteiger partial charge in [0.05, 0.1) is 4.86 Å². The molecular formula is C17H26O5S. The maximum absolute atomic E-state index is 11.5. The van der Waals surface area contributed by atoms with Crippen molar-refractivity contribution in [2.24, 2.45) is 0 Å². The molecule has 0 spiro atoms. The molecular weight excluding hydrogens is 316 g/mol. The van der Waals surface area contributed by atoms with Crippen LogP contribution in [0, 0.1) is 0 Å². The topological polar surface area (TPSA) is 54.0 Å². The summed E-state index contributed by atoms with van der Waals surface area (Å²) >= 11 is 5.16. The maximum Gasteiger partial charge on any atom is 0.540 e. The van der Waals surface area contributed by atoms with Gasteiger partial charge in [0.2, 0.25) is 0 Å². The Bertz CT molecular complexity index is 454. The number of carbonyl (C=O) groups is 1. The van der Waals surface area contributed by atoms with E-state index in [2.05, 4.69) is 11.8 Å². The van der Waals surface area contributed by atoms with Crippen LogP contribution in [0.2, 0.25) is 0 Å². The number of carbonyl (C=O) groups excluding carboxylic acids is 1. The minimum Gasteiger partial charge on any atom is -0.489 e. The van der Waals surface area contributed by atoms with E-state index in [1.54, 1.807) is 6.08 Å². The summed E-state index contributed by atoms with van der Waals surface area (Å²) in [7, 11) is 0. The fourth-order valence-electron chi connectivity index (χ4n) is 1.94. The van der Waals surface area contributed by atoms with Crippen LogP contribution >= 0.6 is 12.2 Å². The summed E-state index contributed by atoms with van der Waals surface area (Å²) in [6.07, 6.45) is 9.58. The van der Waals surface area contributed by atoms with Crippen LogP contribution in [0.1, 0.15) is 52.9 Å². The van der Waals surface area contributed by atoms with E-state index in [9.17, 15) is 4.79 Å². The Labute approximate surface area is 143 Å². The molecule has 0 fully saturated rings. The third-order valence-electron chi connectivity index (χ3n) is 3.24. The predicted molar refractivity (Wildman–Crippen MR) is 92.1 cm³/mol. The Morgan fingerprint density at radius 3 is 2.78 bits per heavy atom. The molecule has 0 unspecified atom stereocenters. The molecule has 0 saturated heterocycles. The van der Waals surface area contributed by atoms with Gasteiger partial charge in [-0.15, -0.1) is 0 Å². The molecule has 1 aliphatic carbocycles. The van der Waals surface area contributed by atoms with Gasteiger partial charge in [0, 0.05) is 6.42 Å². The molecule has 0 aliphatic heterocycles. The molecule has 0 bridgehead atoms. The molecule has 0 saturated carbocycles. The zero-order valence-corrected chi connectivity index (χ0v) is 14.9. The van der Waals surface area contributed by atoms with Gasteiger partial charge in [-0.3, -0.25) is 4.89 Å². The van der Waals surface area contributed by atoms with Gasteiger partial charge in [0.25, 0.3) is 0 Å². The summed E-state index contributed by atoms with van der Waals surface area (Å²) in [4.78, 5) is 22.0. The third-order valence-corrected chi connectivity index (χ3v) is 3.61. The molecule has 6 heteroatoms. The number of allylic oxidation sites excluding steroid dienone is 4. The van der Waals surface area contributed by atoms with Gasteiger partial charge < -0.3 is 9.47 Å². The average molecular weight is 342 g/mol. The quantitative estimate of drug-likeness (QED) is 0.189. The zero-order valence-electron chi connectivity index (χ0n) is 14.1. The highest BCUT2D eigenvalue weighted by atomic mass is 32.1. The van der Waals surface area contributed by atoms with Crippen LogP contribution in [0.3, 0.4) is 0 Å². The van der Waals surface area contributed by atoms with Crippen molar-refractivity contribution in [1.82, 2.24) is 0 Å². The van der Waals surface area contributed by atoms with E-state index in [4.69, 9.17) is 26.6 Å². The van der Waals surface area contributed by atoms with Crippen molar-refractivity contribution < 1.29 is 24.0 Å². The highest BCUT2D eigenvalue weighted by molar-refractivity contribution is 7.80. The van der Waals surface area contributed by atoms with E-state index in [-0.39, 0.29) is 13.2 Å². The van der Waals surface area contributed by atoms with Crippen molar-refractivity contribution in [3.63, 3.8) is 0 Å². The lowest BCUT2D eigenvalue weighted by molar-refractivity contribution is -0.319. The number of ether oxygens (including phenoxy) is 2.